The fourth-order valence-electron chi connectivity index (χ4n) is 7.64. The first kappa shape index (κ1) is 33.0. The highest BCUT2D eigenvalue weighted by atomic mass is 127. The Bertz CT molecular complexity index is 2020. The summed E-state index contributed by atoms with van der Waals surface area (Å²) in [6.45, 7) is 1.53. The summed E-state index contributed by atoms with van der Waals surface area (Å²) in [5, 5.41) is 10.3. The number of fused-ring (bicyclic) bond motifs is 4. The number of hydrogen-bond acceptors (Lipinski definition) is 5. The Kier molecular flexibility index (Phi) is 7.54. The first-order valence-corrected chi connectivity index (χ1v) is 16.3. The van der Waals surface area contributed by atoms with Crippen molar-refractivity contribution in [2.24, 2.45) is 17.8 Å². The molecule has 0 radical (unpaired) electrons. The Labute approximate surface area is 292 Å². The van der Waals surface area contributed by atoms with E-state index in [0.717, 1.165) is 8.47 Å². The van der Waals surface area contributed by atoms with Crippen LogP contribution < -0.4 is 9.80 Å². The van der Waals surface area contributed by atoms with Gasteiger partial charge in [-0.25, -0.2) is 26.9 Å². The minimum Gasteiger partial charge on any atom is -0.508 e. The van der Waals surface area contributed by atoms with Crippen molar-refractivity contribution in [2.75, 3.05) is 9.80 Å². The number of phenols is 1. The van der Waals surface area contributed by atoms with Crippen molar-refractivity contribution < 1.29 is 46.2 Å². The van der Waals surface area contributed by atoms with Gasteiger partial charge in [0, 0.05) is 9.49 Å². The van der Waals surface area contributed by atoms with E-state index in [9.17, 15) is 37.5 Å². The van der Waals surface area contributed by atoms with E-state index in [1.807, 2.05) is 0 Å². The molecular weight excluding hydrogens is 797 g/mol. The van der Waals surface area contributed by atoms with Gasteiger partial charge < -0.3 is 5.11 Å². The predicted octanol–water partition coefficient (Wildman–Crippen LogP) is 6.77. The Morgan fingerprint density at radius 3 is 2.02 bits per heavy atom. The van der Waals surface area contributed by atoms with Crippen LogP contribution in [0.15, 0.2) is 54.1 Å². The third-order valence-corrected chi connectivity index (χ3v) is 12.0. The maximum Gasteiger partial charge on any atom is 0.258 e. The lowest BCUT2D eigenvalue weighted by molar-refractivity contribution is -0.125. The second kappa shape index (κ2) is 11.0. The first-order valence-electron chi connectivity index (χ1n) is 14.5. The third kappa shape index (κ3) is 4.16. The number of hydrogen-bond donors (Lipinski definition) is 1. The molecule has 0 aromatic heterocycles. The number of halogens is 8. The standard InChI is InChI=1S/C33H20Cl2F5IN2O5/c1-12-10-13(2-9-19(12)44)21-16-7-8-17-20(29(46)42(28(17)45)15-5-3-14(41)4-6-15)18(16)11-32(34)30(47)43(31(48)33(21,32)35)27-25(39)23(37)22(36)24(38)26(27)40/h2-7,9-10,17-18,20-21,44H,8,11H2,1H3. The molecule has 0 bridgehead atoms. The average Bonchev–Trinajstić information content (AvgIpc) is 3.39. The molecule has 248 valence electrons. The lowest BCUT2D eigenvalue weighted by Crippen LogP contribution is -2.60. The summed E-state index contributed by atoms with van der Waals surface area (Å²) in [5.41, 5.74) is -0.720. The quantitative estimate of drug-likeness (QED) is 0.0600. The predicted molar refractivity (Wildman–Crippen MR) is 171 cm³/mol. The van der Waals surface area contributed by atoms with E-state index in [2.05, 4.69) is 22.6 Å². The smallest absolute Gasteiger partial charge is 0.258 e. The molecule has 2 aliphatic heterocycles. The van der Waals surface area contributed by atoms with Crippen molar-refractivity contribution in [3.8, 4) is 5.75 Å². The van der Waals surface area contributed by atoms with Crippen LogP contribution in [-0.2, 0) is 19.2 Å². The molecule has 48 heavy (non-hydrogen) atoms. The van der Waals surface area contributed by atoms with Crippen molar-refractivity contribution in [1.82, 2.24) is 0 Å². The van der Waals surface area contributed by atoms with Gasteiger partial charge in [0.05, 0.1) is 17.5 Å². The number of carbonyl (C=O) groups excluding carboxylic acids is 4. The molecule has 2 saturated heterocycles. The van der Waals surface area contributed by atoms with Crippen LogP contribution >= 0.6 is 45.8 Å². The van der Waals surface area contributed by atoms with Crippen LogP contribution in [0.25, 0.3) is 0 Å². The van der Waals surface area contributed by atoms with E-state index in [0.29, 0.717) is 16.8 Å². The molecule has 15 heteroatoms. The Balaban J connectivity index is 1.43. The van der Waals surface area contributed by atoms with Crippen LogP contribution in [-0.4, -0.2) is 38.5 Å². The van der Waals surface area contributed by atoms with Gasteiger partial charge in [0.1, 0.15) is 11.4 Å². The largest absolute Gasteiger partial charge is 0.508 e. The molecule has 1 saturated carbocycles. The molecule has 6 unspecified atom stereocenters. The van der Waals surface area contributed by atoms with Crippen LogP contribution in [0.1, 0.15) is 29.9 Å². The number of alkyl halides is 2. The molecule has 7 nitrogen and oxygen atoms in total. The van der Waals surface area contributed by atoms with Crippen molar-refractivity contribution in [3.05, 3.63) is 97.9 Å². The van der Waals surface area contributed by atoms with Crippen LogP contribution in [0.2, 0.25) is 0 Å². The normalized spacial score (nSPS) is 29.6. The van der Waals surface area contributed by atoms with E-state index in [4.69, 9.17) is 23.2 Å². The molecule has 6 atom stereocenters. The second-order valence-corrected chi connectivity index (χ2v) is 14.7. The average molecular weight is 817 g/mol. The maximum absolute atomic E-state index is 15.2. The second-order valence-electron chi connectivity index (χ2n) is 12.2. The monoisotopic (exact) mass is 816 g/mol. The lowest BCUT2D eigenvalue weighted by Gasteiger charge is -2.50. The Hall–Kier alpha value is -3.56. The molecule has 3 aromatic rings. The van der Waals surface area contributed by atoms with Gasteiger partial charge in [0.25, 0.3) is 11.8 Å². The van der Waals surface area contributed by atoms with E-state index in [1.165, 1.54) is 25.1 Å². The van der Waals surface area contributed by atoms with Crippen molar-refractivity contribution in [1.29, 1.82) is 0 Å². The fourth-order valence-corrected chi connectivity index (χ4v) is 8.94. The number of nitrogens with zero attached hydrogens (tertiary/aromatic N) is 2. The highest BCUT2D eigenvalue weighted by molar-refractivity contribution is 14.1. The summed E-state index contributed by atoms with van der Waals surface area (Å²) >= 11 is 16.3. The Morgan fingerprint density at radius 2 is 1.42 bits per heavy atom. The number of aromatic hydroxyl groups is 1. The summed E-state index contributed by atoms with van der Waals surface area (Å²) in [4.78, 5) is 51.9. The summed E-state index contributed by atoms with van der Waals surface area (Å²) in [6.07, 6.45) is 1.02. The molecule has 2 aliphatic carbocycles. The van der Waals surface area contributed by atoms with Crippen LogP contribution in [0.3, 0.4) is 0 Å². The Morgan fingerprint density at radius 1 is 0.812 bits per heavy atom. The number of aryl methyl sites for hydroxylation is 1. The zero-order valence-corrected chi connectivity index (χ0v) is 28.0. The zero-order valence-electron chi connectivity index (χ0n) is 24.3. The number of allylic oxidation sites excluding steroid dienone is 2. The molecule has 2 heterocycles. The third-order valence-electron chi connectivity index (χ3n) is 9.86. The molecule has 4 aliphatic rings. The van der Waals surface area contributed by atoms with Gasteiger partial charge in [-0.15, -0.1) is 23.2 Å². The van der Waals surface area contributed by atoms with Crippen molar-refractivity contribution in [3.63, 3.8) is 0 Å². The molecule has 3 aromatic carbocycles. The topological polar surface area (TPSA) is 95.0 Å². The number of benzene rings is 3. The summed E-state index contributed by atoms with van der Waals surface area (Å²) in [7, 11) is 0. The van der Waals surface area contributed by atoms with E-state index >= 15 is 8.78 Å². The zero-order chi connectivity index (χ0) is 34.8. The lowest BCUT2D eigenvalue weighted by atomic mass is 9.56. The molecule has 3 fully saturated rings. The summed E-state index contributed by atoms with van der Waals surface area (Å²) in [5.74, 6) is -21.1. The minimum absolute atomic E-state index is 0.0151. The van der Waals surface area contributed by atoms with Gasteiger partial charge in [0.15, 0.2) is 33.0 Å². The molecule has 1 N–H and O–H groups in total. The number of carbonyl (C=O) groups is 4. The van der Waals surface area contributed by atoms with Gasteiger partial charge in [0.2, 0.25) is 17.6 Å². The maximum atomic E-state index is 15.2. The number of imide groups is 2. The summed E-state index contributed by atoms with van der Waals surface area (Å²) < 4.78 is 73.9. The van der Waals surface area contributed by atoms with Gasteiger partial charge in [-0.2, -0.15) is 0 Å². The molecule has 0 spiro atoms. The van der Waals surface area contributed by atoms with E-state index < -0.39 is 98.2 Å². The van der Waals surface area contributed by atoms with Gasteiger partial charge in [-0.05, 0) is 89.7 Å². The van der Waals surface area contributed by atoms with E-state index in [1.54, 1.807) is 30.3 Å². The van der Waals surface area contributed by atoms with E-state index in [-0.39, 0.29) is 22.6 Å². The first-order chi connectivity index (χ1) is 22.6. The minimum atomic E-state index is -2.63. The summed E-state index contributed by atoms with van der Waals surface area (Å²) in [6, 6.07) is 10.7. The highest BCUT2D eigenvalue weighted by Gasteiger charge is 2.77. The molecule has 7 rings (SSSR count). The van der Waals surface area contributed by atoms with Gasteiger partial charge in [-0.3, -0.25) is 24.1 Å². The molecule has 4 amide bonds. The number of phenolic OH excluding ortho intramolecular Hbond substituents is 1. The fraction of sp³-hybridized carbons (Fsp3) is 0.273. The van der Waals surface area contributed by atoms with Gasteiger partial charge >= 0.3 is 0 Å². The highest BCUT2D eigenvalue weighted by Crippen LogP contribution is 2.66. The van der Waals surface area contributed by atoms with Crippen LogP contribution in [0, 0.1) is 57.3 Å². The van der Waals surface area contributed by atoms with Crippen molar-refractivity contribution >= 4 is 80.8 Å². The van der Waals surface area contributed by atoms with Gasteiger partial charge in [-0.1, -0.05) is 23.8 Å². The number of amides is 4. The van der Waals surface area contributed by atoms with Crippen molar-refractivity contribution in [2.45, 2.75) is 35.4 Å². The van der Waals surface area contributed by atoms with Crippen LogP contribution in [0.4, 0.5) is 33.3 Å². The SMILES string of the molecule is Cc1cc(C2C3=CCC4C(=O)N(c5ccc(I)cc5)C(=O)C4C3CC3(Cl)C(=O)N(c4c(F)c(F)c(F)c(F)c4F)C(=O)C23Cl)ccc1O. The molecular formula is C33H20Cl2F5IN2O5. The number of anilines is 2. The number of rotatable bonds is 3. The van der Waals surface area contributed by atoms with Crippen LogP contribution in [0.5, 0.6) is 5.75 Å².